The van der Waals surface area contributed by atoms with Gasteiger partial charge >= 0.3 is 7.12 Å². The van der Waals surface area contributed by atoms with Gasteiger partial charge < -0.3 is 18.6 Å². The van der Waals surface area contributed by atoms with E-state index in [-0.39, 0.29) is 6.10 Å². The molecule has 1 atom stereocenters. The highest BCUT2D eigenvalue weighted by Gasteiger charge is 2.52. The minimum atomic E-state index is -0.460. The van der Waals surface area contributed by atoms with Gasteiger partial charge in [-0.15, -0.1) is 0 Å². The Balaban J connectivity index is 1.56. The number of hydrogen-bond acceptors (Lipinski definition) is 5. The van der Waals surface area contributed by atoms with Crippen LogP contribution in [0.2, 0.25) is 0 Å². The van der Waals surface area contributed by atoms with Gasteiger partial charge in [0.1, 0.15) is 17.4 Å². The average Bonchev–Trinajstić information content (AvgIpc) is 3.41. The highest BCUT2D eigenvalue weighted by atomic mass is 16.7. The first-order valence-electron chi connectivity index (χ1n) is 10.7. The first-order chi connectivity index (χ1) is 14.2. The van der Waals surface area contributed by atoms with Gasteiger partial charge in [0.05, 0.1) is 28.7 Å². The topological polar surface area (TPSA) is 58.4 Å². The number of hydrogen-bond donors (Lipinski definition) is 0. The van der Waals surface area contributed by atoms with Crippen LogP contribution in [0.4, 0.5) is 0 Å². The maximum atomic E-state index is 6.46. The first kappa shape index (κ1) is 19.6. The van der Waals surface area contributed by atoms with Gasteiger partial charge in [-0.2, -0.15) is 0 Å². The van der Waals surface area contributed by atoms with Crippen molar-refractivity contribution in [3.63, 3.8) is 0 Å². The second-order valence-electron chi connectivity index (χ2n) is 9.37. The Labute approximate surface area is 177 Å². The Morgan fingerprint density at radius 1 is 1.10 bits per heavy atom. The fraction of sp³-hybridized carbons (Fsp3) is 0.478. The third kappa shape index (κ3) is 3.30. The van der Waals surface area contributed by atoms with Crippen LogP contribution in [-0.2, 0) is 9.31 Å². The summed E-state index contributed by atoms with van der Waals surface area (Å²) in [5.41, 5.74) is 2.94. The van der Waals surface area contributed by atoms with Crippen molar-refractivity contribution < 1.29 is 14.0 Å². The Bertz CT molecular complexity index is 1060. The lowest BCUT2D eigenvalue weighted by Crippen LogP contribution is -2.41. The molecule has 0 amide bonds. The molecule has 0 radical (unpaired) electrons. The van der Waals surface area contributed by atoms with E-state index in [9.17, 15) is 0 Å². The van der Waals surface area contributed by atoms with Crippen molar-refractivity contribution in [1.29, 1.82) is 0 Å². The molecule has 1 aliphatic heterocycles. The maximum absolute atomic E-state index is 6.46. The quantitative estimate of drug-likeness (QED) is 0.596. The molecule has 1 aliphatic carbocycles. The molecule has 0 unspecified atom stereocenters. The number of imidazole rings is 1. The maximum Gasteiger partial charge on any atom is 0.495 e. The van der Waals surface area contributed by atoms with Crippen LogP contribution < -0.4 is 10.2 Å². The summed E-state index contributed by atoms with van der Waals surface area (Å²) in [6.45, 7) is 10.3. The minimum Gasteiger partial charge on any atom is -0.482 e. The molecule has 30 heavy (non-hydrogen) atoms. The summed E-state index contributed by atoms with van der Waals surface area (Å²) in [4.78, 5) is 9.14. The van der Waals surface area contributed by atoms with Crippen LogP contribution >= 0.6 is 0 Å². The largest absolute Gasteiger partial charge is 0.495 e. The summed E-state index contributed by atoms with van der Waals surface area (Å²) >= 11 is 0. The molecule has 1 aromatic carbocycles. The van der Waals surface area contributed by atoms with Crippen LogP contribution in [0.3, 0.4) is 0 Å². The lowest BCUT2D eigenvalue weighted by atomic mass is 9.78. The average molecular weight is 405 g/mol. The van der Waals surface area contributed by atoms with Gasteiger partial charge in [-0.3, -0.25) is 4.98 Å². The molecule has 0 bridgehead atoms. The van der Waals surface area contributed by atoms with E-state index < -0.39 is 18.3 Å². The van der Waals surface area contributed by atoms with Gasteiger partial charge in [-0.1, -0.05) is 6.07 Å². The number of ether oxygens (including phenoxy) is 1. The normalized spacial score (nSPS) is 21.2. The summed E-state index contributed by atoms with van der Waals surface area (Å²) in [5, 5.41) is 0. The zero-order valence-electron chi connectivity index (χ0n) is 18.3. The van der Waals surface area contributed by atoms with E-state index in [0.29, 0.717) is 6.04 Å². The molecular formula is C23H28BN3O3. The Kier molecular flexibility index (Phi) is 4.45. The van der Waals surface area contributed by atoms with Crippen molar-refractivity contribution in [2.45, 2.75) is 70.8 Å². The van der Waals surface area contributed by atoms with Crippen molar-refractivity contribution in [2.75, 3.05) is 0 Å². The highest BCUT2D eigenvalue weighted by molar-refractivity contribution is 6.62. The second-order valence-corrected chi connectivity index (χ2v) is 9.37. The number of pyridine rings is 1. The van der Waals surface area contributed by atoms with Crippen molar-refractivity contribution in [3.8, 4) is 5.75 Å². The van der Waals surface area contributed by atoms with Crippen LogP contribution in [0.1, 0.15) is 65.3 Å². The lowest BCUT2D eigenvalue weighted by Gasteiger charge is -2.32. The van der Waals surface area contributed by atoms with Gasteiger partial charge in [-0.25, -0.2) is 4.98 Å². The van der Waals surface area contributed by atoms with E-state index in [4.69, 9.17) is 14.0 Å². The summed E-state index contributed by atoms with van der Waals surface area (Å²) in [6, 6.07) is 10.5. The Morgan fingerprint density at radius 2 is 1.83 bits per heavy atom. The van der Waals surface area contributed by atoms with Crippen molar-refractivity contribution in [1.82, 2.24) is 14.5 Å². The number of rotatable bonds is 5. The molecular weight excluding hydrogens is 377 g/mol. The fourth-order valence-electron chi connectivity index (χ4n) is 3.86. The molecule has 2 aliphatic rings. The molecule has 156 valence electrons. The molecule has 2 aromatic heterocycles. The standard InChI is InChI=1S/C23H28BN3O3/c1-15(18-8-6-7-11-25-18)28-20-13-16(24-29-22(2,3)23(4,5)30-24)12-19-21(20)27(14-26-19)17-9-10-17/h6-8,11-15,17H,9-10H2,1-5H3/t15-/m1/s1. The Morgan fingerprint density at radius 3 is 2.47 bits per heavy atom. The van der Waals surface area contributed by atoms with E-state index >= 15 is 0 Å². The van der Waals surface area contributed by atoms with E-state index in [2.05, 4.69) is 48.3 Å². The van der Waals surface area contributed by atoms with Crippen LogP contribution in [0.25, 0.3) is 11.0 Å². The molecule has 7 heteroatoms. The summed E-state index contributed by atoms with van der Waals surface area (Å²) in [5.74, 6) is 0.791. The van der Waals surface area contributed by atoms with Crippen molar-refractivity contribution >= 4 is 23.6 Å². The van der Waals surface area contributed by atoms with Crippen molar-refractivity contribution in [2.24, 2.45) is 0 Å². The van der Waals surface area contributed by atoms with Crippen LogP contribution in [0.15, 0.2) is 42.9 Å². The van der Waals surface area contributed by atoms with Gasteiger partial charge in [-0.05, 0) is 77.2 Å². The number of aromatic nitrogens is 3. The molecule has 5 rings (SSSR count). The zero-order chi connectivity index (χ0) is 21.1. The number of fused-ring (bicyclic) bond motifs is 1. The monoisotopic (exact) mass is 405 g/mol. The molecule has 3 heterocycles. The molecule has 0 spiro atoms. The molecule has 0 N–H and O–H groups in total. The van der Waals surface area contributed by atoms with E-state index in [1.54, 1.807) is 6.20 Å². The predicted molar refractivity (Wildman–Crippen MR) is 117 cm³/mol. The third-order valence-corrected chi connectivity index (χ3v) is 6.53. The summed E-state index contributed by atoms with van der Waals surface area (Å²) < 4.78 is 21.3. The minimum absolute atomic E-state index is 0.189. The zero-order valence-corrected chi connectivity index (χ0v) is 18.3. The van der Waals surface area contributed by atoms with Crippen molar-refractivity contribution in [3.05, 3.63) is 48.5 Å². The van der Waals surface area contributed by atoms with E-state index in [0.717, 1.165) is 27.9 Å². The van der Waals surface area contributed by atoms with Gasteiger partial charge in [0.2, 0.25) is 0 Å². The van der Waals surface area contributed by atoms with E-state index in [1.165, 1.54) is 12.8 Å². The summed E-state index contributed by atoms with van der Waals surface area (Å²) in [6.07, 6.45) is 5.89. The van der Waals surface area contributed by atoms with Gasteiger partial charge in [0, 0.05) is 12.2 Å². The van der Waals surface area contributed by atoms with E-state index in [1.807, 2.05) is 37.5 Å². The lowest BCUT2D eigenvalue weighted by molar-refractivity contribution is 0.00578. The van der Waals surface area contributed by atoms with Crippen LogP contribution in [0.5, 0.6) is 5.75 Å². The number of benzene rings is 1. The summed E-state index contributed by atoms with van der Waals surface area (Å²) in [7, 11) is -0.460. The molecule has 6 nitrogen and oxygen atoms in total. The fourth-order valence-corrected chi connectivity index (χ4v) is 3.86. The molecule has 1 saturated heterocycles. The predicted octanol–water partition coefficient (Wildman–Crippen LogP) is 4.21. The molecule has 3 aromatic rings. The highest BCUT2D eigenvalue weighted by Crippen LogP contribution is 2.41. The Hall–Kier alpha value is -2.38. The smallest absolute Gasteiger partial charge is 0.482 e. The molecule has 1 saturated carbocycles. The van der Waals surface area contributed by atoms with Crippen LogP contribution in [0, 0.1) is 0 Å². The third-order valence-electron chi connectivity index (χ3n) is 6.53. The number of nitrogens with zero attached hydrogens (tertiary/aromatic N) is 3. The van der Waals surface area contributed by atoms with Gasteiger partial charge in [0.25, 0.3) is 0 Å². The SMILES string of the molecule is C[C@@H](Oc1cc(B2OC(C)(C)C(C)(C)O2)cc2ncn(C3CC3)c12)c1ccccn1. The first-order valence-corrected chi connectivity index (χ1v) is 10.7. The van der Waals surface area contributed by atoms with Gasteiger partial charge in [0.15, 0.2) is 0 Å². The molecule has 2 fully saturated rings. The van der Waals surface area contributed by atoms with Crippen LogP contribution in [-0.4, -0.2) is 32.9 Å². The second kappa shape index (κ2) is 6.82.